The molecule has 2 aliphatic carbocycles. The van der Waals surface area contributed by atoms with Crippen molar-refractivity contribution < 1.29 is 19.2 Å². The molecule has 7 heteroatoms. The van der Waals surface area contributed by atoms with Gasteiger partial charge in [-0.3, -0.25) is 19.7 Å². The molecule has 0 radical (unpaired) electrons. The molecule has 3 aliphatic rings. The fourth-order valence-corrected chi connectivity index (χ4v) is 4.24. The highest BCUT2D eigenvalue weighted by atomic mass is 16.6. The van der Waals surface area contributed by atoms with Crippen LogP contribution in [0.4, 0.5) is 0 Å². The first-order valence-corrected chi connectivity index (χ1v) is 7.24. The number of esters is 1. The SMILES string of the molecule is C[C@H]1OC(=O)[C@@H]2C=C3C[C@@H]([N+](=O)[O-])CC[C@H]3[C@H](C(N)=O)[C@H]12. The molecule has 1 amide bonds. The third-order valence-electron chi connectivity index (χ3n) is 5.16. The summed E-state index contributed by atoms with van der Waals surface area (Å²) < 4.78 is 5.24. The van der Waals surface area contributed by atoms with E-state index in [0.717, 1.165) is 5.57 Å². The van der Waals surface area contributed by atoms with Gasteiger partial charge in [-0.1, -0.05) is 11.6 Å². The smallest absolute Gasteiger partial charge is 0.313 e. The van der Waals surface area contributed by atoms with Crippen molar-refractivity contribution >= 4 is 11.9 Å². The normalized spacial score (nSPS) is 41.6. The molecular formula is C14H18N2O5. The van der Waals surface area contributed by atoms with Crippen LogP contribution < -0.4 is 5.73 Å². The third kappa shape index (κ3) is 2.11. The molecule has 0 bridgehead atoms. The van der Waals surface area contributed by atoms with Gasteiger partial charge in [0.05, 0.1) is 11.8 Å². The quantitative estimate of drug-likeness (QED) is 0.348. The Morgan fingerprint density at radius 2 is 2.19 bits per heavy atom. The molecule has 6 atom stereocenters. The van der Waals surface area contributed by atoms with Crippen LogP contribution in [0.5, 0.6) is 0 Å². The van der Waals surface area contributed by atoms with Gasteiger partial charge < -0.3 is 10.5 Å². The zero-order valence-corrected chi connectivity index (χ0v) is 11.7. The Bertz CT molecular complexity index is 543. The minimum atomic E-state index is -0.632. The summed E-state index contributed by atoms with van der Waals surface area (Å²) in [4.78, 5) is 34.5. The Morgan fingerprint density at radius 1 is 1.48 bits per heavy atom. The number of carbonyl (C=O) groups is 2. The van der Waals surface area contributed by atoms with E-state index < -0.39 is 23.8 Å². The lowest BCUT2D eigenvalue weighted by Crippen LogP contribution is -2.46. The summed E-state index contributed by atoms with van der Waals surface area (Å²) in [5.74, 6) is -2.08. The fourth-order valence-electron chi connectivity index (χ4n) is 4.24. The number of hydrogen-bond donors (Lipinski definition) is 1. The molecule has 0 aromatic heterocycles. The van der Waals surface area contributed by atoms with E-state index in [2.05, 4.69) is 0 Å². The highest BCUT2D eigenvalue weighted by Gasteiger charge is 2.54. The number of nitro groups is 1. The summed E-state index contributed by atoms with van der Waals surface area (Å²) in [6.07, 6.45) is 2.77. The molecule has 114 valence electrons. The molecule has 1 aliphatic heterocycles. The predicted molar refractivity (Wildman–Crippen MR) is 71.4 cm³/mol. The van der Waals surface area contributed by atoms with Crippen molar-refractivity contribution in [2.75, 3.05) is 0 Å². The first kappa shape index (κ1) is 14.0. The Hall–Kier alpha value is -1.92. The average molecular weight is 294 g/mol. The first-order chi connectivity index (χ1) is 9.90. The number of fused-ring (bicyclic) bond motifs is 2. The number of amides is 1. The number of ether oxygens (including phenoxy) is 1. The maximum Gasteiger partial charge on any atom is 0.313 e. The van der Waals surface area contributed by atoms with Crippen LogP contribution in [0.3, 0.4) is 0 Å². The van der Waals surface area contributed by atoms with Crippen LogP contribution in [-0.4, -0.2) is 28.9 Å². The van der Waals surface area contributed by atoms with Gasteiger partial charge in [0.25, 0.3) is 0 Å². The third-order valence-corrected chi connectivity index (χ3v) is 5.16. The van der Waals surface area contributed by atoms with Gasteiger partial charge in [-0.25, -0.2) is 0 Å². The van der Waals surface area contributed by atoms with Crippen molar-refractivity contribution in [3.63, 3.8) is 0 Å². The summed E-state index contributed by atoms with van der Waals surface area (Å²) in [5, 5.41) is 11.0. The molecular weight excluding hydrogens is 276 g/mol. The van der Waals surface area contributed by atoms with E-state index in [-0.39, 0.29) is 28.8 Å². The zero-order valence-electron chi connectivity index (χ0n) is 11.7. The Balaban J connectivity index is 1.98. The molecule has 3 rings (SSSR count). The van der Waals surface area contributed by atoms with Gasteiger partial charge in [0.1, 0.15) is 6.10 Å². The fraction of sp³-hybridized carbons (Fsp3) is 0.714. The lowest BCUT2D eigenvalue weighted by Gasteiger charge is -2.40. The molecule has 0 unspecified atom stereocenters. The molecule has 2 N–H and O–H groups in total. The van der Waals surface area contributed by atoms with E-state index >= 15 is 0 Å². The van der Waals surface area contributed by atoms with Crippen LogP contribution in [-0.2, 0) is 14.3 Å². The summed E-state index contributed by atoms with van der Waals surface area (Å²) in [6, 6.07) is -0.632. The topological polar surface area (TPSA) is 113 Å². The number of primary amides is 1. The number of hydrogen-bond acceptors (Lipinski definition) is 5. The average Bonchev–Trinajstić information content (AvgIpc) is 2.70. The maximum absolute atomic E-state index is 11.9. The summed E-state index contributed by atoms with van der Waals surface area (Å²) >= 11 is 0. The first-order valence-electron chi connectivity index (χ1n) is 7.24. The molecule has 0 spiro atoms. The largest absolute Gasteiger partial charge is 0.462 e. The van der Waals surface area contributed by atoms with Crippen molar-refractivity contribution in [3.8, 4) is 0 Å². The lowest BCUT2D eigenvalue weighted by molar-refractivity contribution is -0.524. The van der Waals surface area contributed by atoms with Gasteiger partial charge >= 0.3 is 5.97 Å². The van der Waals surface area contributed by atoms with Crippen LogP contribution in [0.2, 0.25) is 0 Å². The maximum atomic E-state index is 11.9. The molecule has 1 saturated heterocycles. The number of carbonyl (C=O) groups excluding carboxylic acids is 2. The number of nitrogens with zero attached hydrogens (tertiary/aromatic N) is 1. The second-order valence-corrected chi connectivity index (χ2v) is 6.24. The monoisotopic (exact) mass is 294 g/mol. The van der Waals surface area contributed by atoms with Gasteiger partial charge in [-0.2, -0.15) is 0 Å². The second-order valence-electron chi connectivity index (χ2n) is 6.24. The minimum absolute atomic E-state index is 0.0862. The zero-order chi connectivity index (χ0) is 15.3. The predicted octanol–water partition coefficient (Wildman–Crippen LogP) is 0.651. The Kier molecular flexibility index (Phi) is 3.22. The summed E-state index contributed by atoms with van der Waals surface area (Å²) in [5.41, 5.74) is 6.40. The van der Waals surface area contributed by atoms with Crippen LogP contribution in [0.25, 0.3) is 0 Å². The van der Waals surface area contributed by atoms with Gasteiger partial charge in [-0.05, 0) is 19.3 Å². The summed E-state index contributed by atoms with van der Waals surface area (Å²) in [6.45, 7) is 1.78. The van der Waals surface area contributed by atoms with Crippen molar-refractivity contribution in [2.24, 2.45) is 29.4 Å². The van der Waals surface area contributed by atoms with Gasteiger partial charge in [0.15, 0.2) is 0 Å². The van der Waals surface area contributed by atoms with Crippen molar-refractivity contribution in [1.82, 2.24) is 0 Å². The Morgan fingerprint density at radius 3 is 2.81 bits per heavy atom. The lowest BCUT2D eigenvalue weighted by atomic mass is 9.62. The van der Waals surface area contributed by atoms with Crippen molar-refractivity contribution in [1.29, 1.82) is 0 Å². The molecule has 7 nitrogen and oxygen atoms in total. The highest BCUT2D eigenvalue weighted by molar-refractivity contribution is 5.83. The van der Waals surface area contributed by atoms with Crippen molar-refractivity contribution in [2.45, 2.75) is 38.3 Å². The molecule has 1 saturated carbocycles. The van der Waals surface area contributed by atoms with Crippen LogP contribution in [0.15, 0.2) is 11.6 Å². The summed E-state index contributed by atoms with van der Waals surface area (Å²) in [7, 11) is 0. The molecule has 1 heterocycles. The number of rotatable bonds is 2. The second kappa shape index (κ2) is 4.82. The van der Waals surface area contributed by atoms with Gasteiger partial charge in [0.2, 0.25) is 11.9 Å². The minimum Gasteiger partial charge on any atom is -0.462 e. The molecule has 0 aromatic rings. The van der Waals surface area contributed by atoms with E-state index in [1.165, 1.54) is 0 Å². The standard InChI is InChI=1S/C14H18N2O5/c1-6-11-10(14(18)21-6)5-7-4-8(16(19)20)2-3-9(7)12(11)13(15)17/h5-6,8-12H,2-4H2,1H3,(H2,15,17)/t6-,8+,9-,10-,11-,12+/m1/s1. The molecule has 0 aromatic carbocycles. The molecule has 2 fully saturated rings. The molecule has 21 heavy (non-hydrogen) atoms. The number of cyclic esters (lactones) is 1. The van der Waals surface area contributed by atoms with Gasteiger partial charge in [0, 0.05) is 23.7 Å². The van der Waals surface area contributed by atoms with E-state index in [1.807, 2.05) is 0 Å². The van der Waals surface area contributed by atoms with E-state index in [9.17, 15) is 19.7 Å². The van der Waals surface area contributed by atoms with Crippen LogP contribution >= 0.6 is 0 Å². The number of nitrogens with two attached hydrogens (primary N) is 1. The van der Waals surface area contributed by atoms with E-state index in [0.29, 0.717) is 19.3 Å². The highest BCUT2D eigenvalue weighted by Crippen LogP contribution is 2.49. The Labute approximate surface area is 121 Å². The van der Waals surface area contributed by atoms with E-state index in [4.69, 9.17) is 10.5 Å². The van der Waals surface area contributed by atoms with Crippen LogP contribution in [0, 0.1) is 33.8 Å². The van der Waals surface area contributed by atoms with E-state index in [1.54, 1.807) is 13.0 Å². The van der Waals surface area contributed by atoms with Crippen molar-refractivity contribution in [3.05, 3.63) is 21.8 Å². The van der Waals surface area contributed by atoms with Gasteiger partial charge in [-0.15, -0.1) is 0 Å². The van der Waals surface area contributed by atoms with Crippen LogP contribution in [0.1, 0.15) is 26.2 Å².